The number of halogens is 6. The van der Waals surface area contributed by atoms with Crippen LogP contribution >= 0.6 is 11.8 Å². The van der Waals surface area contributed by atoms with Crippen LogP contribution in [0.25, 0.3) is 10.8 Å². The molecule has 2 aromatic carbocycles. The summed E-state index contributed by atoms with van der Waals surface area (Å²) in [7, 11) is 1.31. The number of ether oxygens (including phenoxy) is 1. The third-order valence-electron chi connectivity index (χ3n) is 7.71. The van der Waals surface area contributed by atoms with Crippen LogP contribution in [-0.2, 0) is 40.0 Å². The van der Waals surface area contributed by atoms with Gasteiger partial charge in [-0.3, -0.25) is 19.3 Å². The molecule has 302 valence electrons. The van der Waals surface area contributed by atoms with E-state index in [4.69, 9.17) is 36.0 Å². The van der Waals surface area contributed by atoms with Crippen molar-refractivity contribution in [1.82, 2.24) is 15.1 Å². The van der Waals surface area contributed by atoms with Crippen LogP contribution in [0.5, 0.6) is 0 Å². The minimum Gasteiger partial charge on any atom is -0.475 e. The highest BCUT2D eigenvalue weighted by molar-refractivity contribution is 7.98. The fourth-order valence-corrected chi connectivity index (χ4v) is 5.65. The third-order valence-corrected chi connectivity index (χ3v) is 8.35. The van der Waals surface area contributed by atoms with Gasteiger partial charge in [0.2, 0.25) is 17.7 Å². The second-order valence-electron chi connectivity index (χ2n) is 11.8. The zero-order valence-corrected chi connectivity index (χ0v) is 30.1. The average molecular weight is 800 g/mol. The summed E-state index contributed by atoms with van der Waals surface area (Å²) in [5.41, 5.74) is 12.4. The maximum absolute atomic E-state index is 13.2. The van der Waals surface area contributed by atoms with Crippen LogP contribution in [0.1, 0.15) is 37.7 Å². The lowest BCUT2D eigenvalue weighted by Crippen LogP contribution is -2.51. The number of nitrogens with zero attached hydrogens (tertiary/aromatic N) is 2. The molecule has 0 aliphatic carbocycles. The highest BCUT2D eigenvalue weighted by atomic mass is 32.2. The zero-order chi connectivity index (χ0) is 41.2. The van der Waals surface area contributed by atoms with Crippen molar-refractivity contribution in [2.24, 2.45) is 11.5 Å². The molecule has 2 aromatic rings. The van der Waals surface area contributed by atoms with Gasteiger partial charge >= 0.3 is 30.3 Å². The number of likely N-dealkylation sites (tertiary alicyclic amines) is 1. The number of thioether (sulfide) groups is 1. The van der Waals surface area contributed by atoms with Gasteiger partial charge in [0, 0.05) is 32.1 Å². The van der Waals surface area contributed by atoms with Gasteiger partial charge in [-0.15, -0.1) is 0 Å². The van der Waals surface area contributed by atoms with Crippen molar-refractivity contribution in [3.63, 3.8) is 0 Å². The Labute approximate surface area is 310 Å². The fraction of sp³-hybridized carbons (Fsp3) is 0.515. The summed E-state index contributed by atoms with van der Waals surface area (Å²) in [6, 6.07) is 12.5. The quantitative estimate of drug-likeness (QED) is 0.130. The van der Waals surface area contributed by atoms with Crippen molar-refractivity contribution in [3.05, 3.63) is 48.0 Å². The molecule has 1 aliphatic heterocycles. The number of esters is 1. The monoisotopic (exact) mass is 799 g/mol. The number of aliphatic carboxylic acids is 2. The molecule has 3 atom stereocenters. The summed E-state index contributed by atoms with van der Waals surface area (Å²) in [6.07, 6.45) is -5.90. The Hall–Kier alpha value is -4.63. The van der Waals surface area contributed by atoms with Gasteiger partial charge in [0.25, 0.3) is 0 Å². The molecular formula is C33H43F6N5O9S. The Morgan fingerprint density at radius 2 is 1.56 bits per heavy atom. The molecule has 0 aromatic heterocycles. The van der Waals surface area contributed by atoms with Crippen LogP contribution in [0.2, 0.25) is 0 Å². The maximum Gasteiger partial charge on any atom is 0.490 e. The number of methoxy groups -OCH3 is 1. The van der Waals surface area contributed by atoms with E-state index in [1.807, 2.05) is 47.6 Å². The van der Waals surface area contributed by atoms with Gasteiger partial charge in [0.05, 0.1) is 19.7 Å². The van der Waals surface area contributed by atoms with E-state index in [9.17, 15) is 45.5 Å². The van der Waals surface area contributed by atoms with Crippen LogP contribution in [0.15, 0.2) is 42.5 Å². The SMILES string of the molecule is COC(=O)[C@H](CCSC)NC(=O)CN(Cc1cccc2ccccc12)C[C@@H]1CCCN1C(=O)[C@@H](N)CCC(N)=O.O=C(O)C(F)(F)F.O=C(O)C(F)(F)F. The van der Waals surface area contributed by atoms with Gasteiger partial charge in [-0.1, -0.05) is 42.5 Å². The molecule has 21 heteroatoms. The van der Waals surface area contributed by atoms with E-state index in [2.05, 4.69) is 11.4 Å². The number of primary amides is 1. The number of nitrogens with one attached hydrogen (secondary N) is 1. The number of hydrogen-bond acceptors (Lipinski definition) is 10. The van der Waals surface area contributed by atoms with E-state index in [0.717, 1.165) is 29.2 Å². The summed E-state index contributed by atoms with van der Waals surface area (Å²) in [6.45, 7) is 1.55. The van der Waals surface area contributed by atoms with E-state index >= 15 is 0 Å². The van der Waals surface area contributed by atoms with E-state index in [0.29, 0.717) is 31.8 Å². The van der Waals surface area contributed by atoms with Crippen LogP contribution in [-0.4, -0.2) is 125 Å². The van der Waals surface area contributed by atoms with Crippen LogP contribution in [0, 0.1) is 0 Å². The molecule has 1 saturated heterocycles. The van der Waals surface area contributed by atoms with Crippen molar-refractivity contribution in [1.29, 1.82) is 0 Å². The lowest BCUT2D eigenvalue weighted by Gasteiger charge is -2.32. The number of benzene rings is 2. The summed E-state index contributed by atoms with van der Waals surface area (Å²) in [5.74, 6) is -6.27. The van der Waals surface area contributed by atoms with Crippen LogP contribution in [0.4, 0.5) is 26.3 Å². The molecule has 1 heterocycles. The Bertz CT molecular complexity index is 1550. The van der Waals surface area contributed by atoms with E-state index < -0.39 is 48.3 Å². The third kappa shape index (κ3) is 17.0. The number of hydrogen-bond donors (Lipinski definition) is 5. The largest absolute Gasteiger partial charge is 0.490 e. The Kier molecular flexibility index (Phi) is 19.8. The number of amides is 3. The predicted molar refractivity (Wildman–Crippen MR) is 185 cm³/mol. The van der Waals surface area contributed by atoms with Gasteiger partial charge in [0.1, 0.15) is 6.04 Å². The Morgan fingerprint density at radius 3 is 2.09 bits per heavy atom. The second-order valence-corrected chi connectivity index (χ2v) is 12.8. The van der Waals surface area contributed by atoms with Crippen molar-refractivity contribution < 1.29 is 70.1 Å². The normalized spacial score (nSPS) is 15.2. The standard InChI is InChI=1S/C29H41N5O5S.2C2HF3O2/c1-39-29(38)25(14-16-40-2)32-27(36)19-33(17-21-9-5-8-20-7-3-4-11-23(20)21)18-22-10-6-15-34(22)28(37)24(30)12-13-26(31)35;2*3-2(4,5)1(6)7/h3-5,7-9,11,22,24-25H,6,10,12-19,30H2,1-2H3,(H2,31,35)(H,32,36);2*(H,6,7)/t22-,24-,25-;;/m0../s1. The fourth-order valence-electron chi connectivity index (χ4n) is 5.17. The predicted octanol–water partition coefficient (Wildman–Crippen LogP) is 2.90. The van der Waals surface area contributed by atoms with Crippen molar-refractivity contribution in [3.8, 4) is 0 Å². The summed E-state index contributed by atoms with van der Waals surface area (Å²) in [4.78, 5) is 71.5. The molecule has 1 fully saturated rings. The van der Waals surface area contributed by atoms with Crippen molar-refractivity contribution in [2.75, 3.05) is 38.8 Å². The maximum atomic E-state index is 13.2. The van der Waals surface area contributed by atoms with E-state index in [1.54, 1.807) is 16.7 Å². The number of fused-ring (bicyclic) bond motifs is 1. The van der Waals surface area contributed by atoms with Crippen molar-refractivity contribution in [2.45, 2.75) is 69.1 Å². The molecule has 1 aliphatic rings. The molecular weight excluding hydrogens is 756 g/mol. The van der Waals surface area contributed by atoms with Gasteiger partial charge in [-0.05, 0) is 54.0 Å². The number of nitrogens with two attached hydrogens (primary N) is 2. The first-order valence-corrected chi connectivity index (χ1v) is 17.5. The highest BCUT2D eigenvalue weighted by Crippen LogP contribution is 2.24. The molecule has 0 bridgehead atoms. The van der Waals surface area contributed by atoms with Crippen LogP contribution in [0.3, 0.4) is 0 Å². The number of rotatable bonds is 15. The first kappa shape index (κ1) is 47.4. The van der Waals surface area contributed by atoms with Gasteiger partial charge in [-0.2, -0.15) is 38.1 Å². The van der Waals surface area contributed by atoms with E-state index in [-0.39, 0.29) is 37.2 Å². The van der Waals surface area contributed by atoms with Gasteiger partial charge in [0.15, 0.2) is 0 Å². The number of alkyl halides is 6. The number of carbonyl (C=O) groups excluding carboxylic acids is 4. The molecule has 7 N–H and O–H groups in total. The van der Waals surface area contributed by atoms with E-state index in [1.165, 1.54) is 7.11 Å². The minimum atomic E-state index is -5.08. The smallest absolute Gasteiger partial charge is 0.475 e. The lowest BCUT2D eigenvalue weighted by atomic mass is 10.0. The van der Waals surface area contributed by atoms with Crippen molar-refractivity contribution >= 4 is 58.2 Å². The summed E-state index contributed by atoms with van der Waals surface area (Å²) < 4.78 is 68.4. The van der Waals surface area contributed by atoms with Gasteiger partial charge < -0.3 is 36.6 Å². The number of carboxylic acid groups (broad SMARTS) is 2. The topological polar surface area (TPSA) is 223 Å². The van der Waals surface area contributed by atoms with Gasteiger partial charge in [-0.25, -0.2) is 14.4 Å². The number of carboxylic acids is 2. The highest BCUT2D eigenvalue weighted by Gasteiger charge is 2.39. The molecule has 54 heavy (non-hydrogen) atoms. The first-order chi connectivity index (χ1) is 25.1. The average Bonchev–Trinajstić information content (AvgIpc) is 3.56. The van der Waals surface area contributed by atoms with Crippen LogP contribution < -0.4 is 16.8 Å². The molecule has 3 amide bonds. The molecule has 0 unspecified atom stereocenters. The Balaban J connectivity index is 0.000000879. The molecule has 3 rings (SSSR count). The second kappa shape index (κ2) is 22.6. The number of carbonyl (C=O) groups is 6. The molecule has 0 radical (unpaired) electrons. The first-order valence-electron chi connectivity index (χ1n) is 16.1. The Morgan fingerprint density at radius 1 is 0.981 bits per heavy atom. The molecule has 0 spiro atoms. The molecule has 0 saturated carbocycles. The lowest BCUT2D eigenvalue weighted by molar-refractivity contribution is -0.193. The summed E-state index contributed by atoms with van der Waals surface area (Å²) in [5, 5.41) is 19.3. The zero-order valence-electron chi connectivity index (χ0n) is 29.3. The minimum absolute atomic E-state index is 0.0439. The molecule has 14 nitrogen and oxygen atoms in total. The summed E-state index contributed by atoms with van der Waals surface area (Å²) >= 11 is 1.59.